The van der Waals surface area contributed by atoms with Crippen molar-refractivity contribution >= 4 is 11.8 Å². The van der Waals surface area contributed by atoms with Gasteiger partial charge in [-0.3, -0.25) is 0 Å². The molecule has 0 aliphatic carbocycles. The fourth-order valence-corrected chi connectivity index (χ4v) is 1.01. The zero-order valence-electron chi connectivity index (χ0n) is 8.27. The van der Waals surface area contributed by atoms with E-state index in [2.05, 4.69) is 15.3 Å². The van der Waals surface area contributed by atoms with E-state index in [0.29, 0.717) is 24.7 Å². The van der Waals surface area contributed by atoms with Crippen molar-refractivity contribution < 1.29 is 5.11 Å². The van der Waals surface area contributed by atoms with Crippen molar-refractivity contribution in [3.05, 3.63) is 12.3 Å². The summed E-state index contributed by atoms with van der Waals surface area (Å²) < 4.78 is 0. The van der Waals surface area contributed by atoms with Crippen LogP contribution in [0, 0.1) is 0 Å². The average Bonchev–Trinajstić information content (AvgIpc) is 2.17. The van der Waals surface area contributed by atoms with Gasteiger partial charge in [0.2, 0.25) is 5.95 Å². The number of hydrogen-bond acceptors (Lipinski definition) is 5. The van der Waals surface area contributed by atoms with Crippen LogP contribution in [0.5, 0.6) is 0 Å². The molecule has 0 saturated carbocycles. The number of anilines is 2. The van der Waals surface area contributed by atoms with E-state index in [-0.39, 0.29) is 6.10 Å². The maximum atomic E-state index is 9.29. The van der Waals surface area contributed by atoms with Gasteiger partial charge in [0.15, 0.2) is 0 Å². The molecule has 0 aliphatic rings. The van der Waals surface area contributed by atoms with Crippen molar-refractivity contribution in [2.75, 3.05) is 17.6 Å². The van der Waals surface area contributed by atoms with E-state index in [4.69, 9.17) is 5.73 Å². The summed E-state index contributed by atoms with van der Waals surface area (Å²) in [6.07, 6.45) is 2.79. The Morgan fingerprint density at radius 1 is 1.64 bits per heavy atom. The molecule has 5 heteroatoms. The van der Waals surface area contributed by atoms with Crippen LogP contribution in [-0.4, -0.2) is 27.7 Å². The van der Waals surface area contributed by atoms with E-state index in [1.165, 1.54) is 0 Å². The van der Waals surface area contributed by atoms with Gasteiger partial charge >= 0.3 is 0 Å². The standard InChI is InChI=1S/C9H16N4O/c1-2-7(14)3-5-11-9-12-6-4-8(10)13-9/h4,6-7,14H,2-3,5H2,1H3,(H3,10,11,12,13). The first-order valence-electron chi connectivity index (χ1n) is 4.73. The topological polar surface area (TPSA) is 84.1 Å². The molecule has 4 N–H and O–H groups in total. The molecule has 0 aliphatic heterocycles. The lowest BCUT2D eigenvalue weighted by Crippen LogP contribution is -2.13. The first kappa shape index (κ1) is 10.7. The molecule has 0 saturated heterocycles. The molecule has 1 atom stereocenters. The minimum atomic E-state index is -0.261. The SMILES string of the molecule is CCC(O)CCNc1nccc(N)n1. The highest BCUT2D eigenvalue weighted by Crippen LogP contribution is 2.02. The fourth-order valence-electron chi connectivity index (χ4n) is 1.01. The smallest absolute Gasteiger partial charge is 0.224 e. The van der Waals surface area contributed by atoms with E-state index in [0.717, 1.165) is 6.42 Å². The Balaban J connectivity index is 2.31. The molecule has 1 rings (SSSR count). The Morgan fingerprint density at radius 3 is 3.07 bits per heavy atom. The number of aromatic nitrogens is 2. The molecule has 0 bridgehead atoms. The van der Waals surface area contributed by atoms with Crippen molar-refractivity contribution in [3.63, 3.8) is 0 Å². The molecule has 0 radical (unpaired) electrons. The lowest BCUT2D eigenvalue weighted by molar-refractivity contribution is 0.164. The summed E-state index contributed by atoms with van der Waals surface area (Å²) in [4.78, 5) is 7.95. The zero-order chi connectivity index (χ0) is 10.4. The molecule has 1 unspecified atom stereocenters. The monoisotopic (exact) mass is 196 g/mol. The van der Waals surface area contributed by atoms with Gasteiger partial charge in [-0.2, -0.15) is 4.98 Å². The average molecular weight is 196 g/mol. The fraction of sp³-hybridized carbons (Fsp3) is 0.556. The summed E-state index contributed by atoms with van der Waals surface area (Å²) >= 11 is 0. The van der Waals surface area contributed by atoms with Crippen LogP contribution in [0.3, 0.4) is 0 Å². The van der Waals surface area contributed by atoms with Gasteiger partial charge in [-0.05, 0) is 18.9 Å². The Labute approximate surface area is 83.4 Å². The van der Waals surface area contributed by atoms with Crippen molar-refractivity contribution in [2.45, 2.75) is 25.9 Å². The van der Waals surface area contributed by atoms with Gasteiger partial charge in [-0.1, -0.05) is 6.92 Å². The molecule has 0 fully saturated rings. The number of nitrogen functional groups attached to an aromatic ring is 1. The maximum Gasteiger partial charge on any atom is 0.224 e. The van der Waals surface area contributed by atoms with Crippen LogP contribution in [0.4, 0.5) is 11.8 Å². The van der Waals surface area contributed by atoms with Crippen LogP contribution in [0.2, 0.25) is 0 Å². The summed E-state index contributed by atoms with van der Waals surface area (Å²) in [6.45, 7) is 2.60. The highest BCUT2D eigenvalue weighted by atomic mass is 16.3. The molecule has 1 aromatic heterocycles. The first-order chi connectivity index (χ1) is 6.72. The Kier molecular flexibility index (Phi) is 4.12. The quantitative estimate of drug-likeness (QED) is 0.643. The van der Waals surface area contributed by atoms with Gasteiger partial charge < -0.3 is 16.2 Å². The van der Waals surface area contributed by atoms with E-state index in [1.807, 2.05) is 6.92 Å². The van der Waals surface area contributed by atoms with Crippen LogP contribution in [0.15, 0.2) is 12.3 Å². The number of nitrogens with one attached hydrogen (secondary N) is 1. The van der Waals surface area contributed by atoms with Crippen LogP contribution in [0.1, 0.15) is 19.8 Å². The molecule has 1 aromatic rings. The van der Waals surface area contributed by atoms with Crippen LogP contribution >= 0.6 is 0 Å². The molecule has 0 aromatic carbocycles. The lowest BCUT2D eigenvalue weighted by Gasteiger charge is -2.08. The van der Waals surface area contributed by atoms with Crippen LogP contribution < -0.4 is 11.1 Å². The molecule has 0 spiro atoms. The normalized spacial score (nSPS) is 12.4. The second-order valence-electron chi connectivity index (χ2n) is 3.08. The van der Waals surface area contributed by atoms with E-state index in [1.54, 1.807) is 12.3 Å². The Morgan fingerprint density at radius 2 is 2.43 bits per heavy atom. The molecule has 0 amide bonds. The largest absolute Gasteiger partial charge is 0.393 e. The number of hydrogen-bond donors (Lipinski definition) is 3. The van der Waals surface area contributed by atoms with E-state index >= 15 is 0 Å². The highest BCUT2D eigenvalue weighted by molar-refractivity contribution is 5.34. The number of nitrogens with zero attached hydrogens (tertiary/aromatic N) is 2. The predicted octanol–water partition coefficient (Wildman–Crippen LogP) is 0.632. The second kappa shape index (κ2) is 5.39. The van der Waals surface area contributed by atoms with Gasteiger partial charge in [0.1, 0.15) is 5.82 Å². The van der Waals surface area contributed by atoms with Gasteiger partial charge in [-0.25, -0.2) is 4.98 Å². The van der Waals surface area contributed by atoms with Crippen LogP contribution in [-0.2, 0) is 0 Å². The predicted molar refractivity (Wildman–Crippen MR) is 55.8 cm³/mol. The highest BCUT2D eigenvalue weighted by Gasteiger charge is 2.00. The third-order valence-electron chi connectivity index (χ3n) is 1.91. The summed E-state index contributed by atoms with van der Waals surface area (Å²) in [7, 11) is 0. The van der Waals surface area contributed by atoms with E-state index < -0.39 is 0 Å². The lowest BCUT2D eigenvalue weighted by atomic mass is 10.2. The van der Waals surface area contributed by atoms with Crippen molar-refractivity contribution in [3.8, 4) is 0 Å². The first-order valence-corrected chi connectivity index (χ1v) is 4.73. The third-order valence-corrected chi connectivity index (χ3v) is 1.91. The minimum absolute atomic E-state index is 0.261. The van der Waals surface area contributed by atoms with Gasteiger partial charge in [-0.15, -0.1) is 0 Å². The van der Waals surface area contributed by atoms with Crippen LogP contribution in [0.25, 0.3) is 0 Å². The molecule has 5 nitrogen and oxygen atoms in total. The number of rotatable bonds is 5. The molecule has 78 valence electrons. The second-order valence-corrected chi connectivity index (χ2v) is 3.08. The van der Waals surface area contributed by atoms with Crippen molar-refractivity contribution in [1.82, 2.24) is 9.97 Å². The van der Waals surface area contributed by atoms with Gasteiger partial charge in [0.25, 0.3) is 0 Å². The minimum Gasteiger partial charge on any atom is -0.393 e. The number of aliphatic hydroxyl groups is 1. The summed E-state index contributed by atoms with van der Waals surface area (Å²) in [5.41, 5.74) is 5.48. The van der Waals surface area contributed by atoms with Gasteiger partial charge in [0, 0.05) is 12.7 Å². The van der Waals surface area contributed by atoms with Crippen molar-refractivity contribution in [1.29, 1.82) is 0 Å². The number of aliphatic hydroxyl groups excluding tert-OH is 1. The maximum absolute atomic E-state index is 9.29. The summed E-state index contributed by atoms with van der Waals surface area (Å²) in [6, 6.07) is 1.63. The molecule has 1 heterocycles. The van der Waals surface area contributed by atoms with E-state index in [9.17, 15) is 5.11 Å². The Hall–Kier alpha value is -1.36. The molecular formula is C9H16N4O. The number of nitrogens with two attached hydrogens (primary N) is 1. The third kappa shape index (κ3) is 3.57. The van der Waals surface area contributed by atoms with Gasteiger partial charge in [0.05, 0.1) is 6.10 Å². The zero-order valence-corrected chi connectivity index (χ0v) is 8.27. The molecule has 14 heavy (non-hydrogen) atoms. The van der Waals surface area contributed by atoms with Crippen molar-refractivity contribution in [2.24, 2.45) is 0 Å². The molecular weight excluding hydrogens is 180 g/mol. The Bertz CT molecular complexity index is 279. The summed E-state index contributed by atoms with van der Waals surface area (Å²) in [5.74, 6) is 0.951. The summed E-state index contributed by atoms with van der Waals surface area (Å²) in [5, 5.41) is 12.3.